The predicted molar refractivity (Wildman–Crippen MR) is 71.8 cm³/mol. The van der Waals surface area contributed by atoms with Crippen molar-refractivity contribution < 1.29 is 4.79 Å². The van der Waals surface area contributed by atoms with Crippen LogP contribution in [0.4, 0.5) is 0 Å². The molecule has 1 rings (SSSR count). The standard InChI is InChI=1S/C14H28N2O/c1-4-8-12(2)16(3)13(17)11-14(15)9-6-5-7-10-14/h12H,4-11,15H2,1-3H3. The normalized spacial score (nSPS) is 20.9. The number of nitrogens with zero attached hydrogens (tertiary/aromatic N) is 1. The Morgan fingerprint density at radius 2 is 1.94 bits per heavy atom. The van der Waals surface area contributed by atoms with E-state index in [-0.39, 0.29) is 11.4 Å². The second-order valence-electron chi connectivity index (χ2n) is 5.74. The van der Waals surface area contributed by atoms with Crippen LogP contribution in [0.5, 0.6) is 0 Å². The average molecular weight is 240 g/mol. The largest absolute Gasteiger partial charge is 0.343 e. The summed E-state index contributed by atoms with van der Waals surface area (Å²) in [7, 11) is 1.91. The number of amides is 1. The summed E-state index contributed by atoms with van der Waals surface area (Å²) in [5.41, 5.74) is 6.10. The predicted octanol–water partition coefficient (Wildman–Crippen LogP) is 2.69. The molecule has 2 N–H and O–H groups in total. The van der Waals surface area contributed by atoms with E-state index in [9.17, 15) is 4.79 Å². The van der Waals surface area contributed by atoms with Crippen LogP contribution in [0.3, 0.4) is 0 Å². The highest BCUT2D eigenvalue weighted by atomic mass is 16.2. The van der Waals surface area contributed by atoms with Crippen LogP contribution in [0.15, 0.2) is 0 Å². The summed E-state index contributed by atoms with van der Waals surface area (Å²) in [6, 6.07) is 0.333. The van der Waals surface area contributed by atoms with Gasteiger partial charge in [-0.05, 0) is 26.2 Å². The molecule has 1 saturated carbocycles. The summed E-state index contributed by atoms with van der Waals surface area (Å²) in [4.78, 5) is 14.1. The van der Waals surface area contributed by atoms with E-state index in [1.165, 1.54) is 19.3 Å². The highest BCUT2D eigenvalue weighted by Gasteiger charge is 2.31. The minimum Gasteiger partial charge on any atom is -0.343 e. The van der Waals surface area contributed by atoms with E-state index in [2.05, 4.69) is 13.8 Å². The SMILES string of the molecule is CCCC(C)N(C)C(=O)CC1(N)CCCCC1. The first kappa shape index (κ1) is 14.5. The molecular weight excluding hydrogens is 212 g/mol. The van der Waals surface area contributed by atoms with Crippen LogP contribution < -0.4 is 5.73 Å². The number of rotatable bonds is 5. The minimum absolute atomic E-state index is 0.218. The highest BCUT2D eigenvalue weighted by molar-refractivity contribution is 5.77. The van der Waals surface area contributed by atoms with E-state index in [1.807, 2.05) is 11.9 Å². The van der Waals surface area contributed by atoms with Crippen LogP contribution in [0.25, 0.3) is 0 Å². The molecule has 0 aromatic heterocycles. The number of hydrogen-bond donors (Lipinski definition) is 1. The molecule has 1 aliphatic carbocycles. The molecule has 0 aromatic carbocycles. The van der Waals surface area contributed by atoms with Gasteiger partial charge in [0.25, 0.3) is 0 Å². The molecule has 3 nitrogen and oxygen atoms in total. The lowest BCUT2D eigenvalue weighted by molar-refractivity contribution is -0.133. The Morgan fingerprint density at radius 3 is 2.47 bits per heavy atom. The topological polar surface area (TPSA) is 46.3 Å². The van der Waals surface area contributed by atoms with Crippen molar-refractivity contribution >= 4 is 5.91 Å². The van der Waals surface area contributed by atoms with Gasteiger partial charge in [-0.25, -0.2) is 0 Å². The zero-order valence-corrected chi connectivity index (χ0v) is 11.7. The molecule has 0 heterocycles. The smallest absolute Gasteiger partial charge is 0.224 e. The van der Waals surface area contributed by atoms with Gasteiger partial charge in [0, 0.05) is 25.0 Å². The lowest BCUT2D eigenvalue weighted by Gasteiger charge is -2.35. The summed E-state index contributed by atoms with van der Waals surface area (Å²) in [5, 5.41) is 0. The molecule has 1 fully saturated rings. The van der Waals surface area contributed by atoms with Gasteiger partial charge in [0.05, 0.1) is 0 Å². The summed E-state index contributed by atoms with van der Waals surface area (Å²) >= 11 is 0. The quantitative estimate of drug-likeness (QED) is 0.803. The van der Waals surface area contributed by atoms with Gasteiger partial charge < -0.3 is 10.6 Å². The minimum atomic E-state index is -0.227. The van der Waals surface area contributed by atoms with Crippen molar-refractivity contribution in [2.45, 2.75) is 76.8 Å². The van der Waals surface area contributed by atoms with E-state index in [0.29, 0.717) is 12.5 Å². The van der Waals surface area contributed by atoms with Gasteiger partial charge in [-0.3, -0.25) is 4.79 Å². The molecular formula is C14H28N2O. The Hall–Kier alpha value is -0.570. The third kappa shape index (κ3) is 4.30. The van der Waals surface area contributed by atoms with E-state index < -0.39 is 0 Å². The third-order valence-corrected chi connectivity index (χ3v) is 4.11. The second kappa shape index (κ2) is 6.39. The lowest BCUT2D eigenvalue weighted by Crippen LogP contribution is -2.47. The van der Waals surface area contributed by atoms with Crippen molar-refractivity contribution in [2.24, 2.45) is 5.73 Å². The number of hydrogen-bond acceptors (Lipinski definition) is 2. The van der Waals surface area contributed by atoms with Gasteiger partial charge in [0.15, 0.2) is 0 Å². The van der Waals surface area contributed by atoms with Crippen molar-refractivity contribution in [1.29, 1.82) is 0 Å². The fourth-order valence-corrected chi connectivity index (χ4v) is 2.72. The van der Waals surface area contributed by atoms with Gasteiger partial charge in [-0.1, -0.05) is 32.6 Å². The Labute approximate surface area is 106 Å². The maximum atomic E-state index is 12.2. The van der Waals surface area contributed by atoms with Gasteiger partial charge >= 0.3 is 0 Å². The fourth-order valence-electron chi connectivity index (χ4n) is 2.72. The van der Waals surface area contributed by atoms with Crippen LogP contribution in [0, 0.1) is 0 Å². The van der Waals surface area contributed by atoms with Crippen molar-refractivity contribution in [2.75, 3.05) is 7.05 Å². The zero-order valence-electron chi connectivity index (χ0n) is 11.7. The molecule has 1 atom stereocenters. The Morgan fingerprint density at radius 1 is 1.35 bits per heavy atom. The molecule has 0 spiro atoms. The Balaban J connectivity index is 2.46. The second-order valence-corrected chi connectivity index (χ2v) is 5.74. The van der Waals surface area contributed by atoms with Crippen LogP contribution >= 0.6 is 0 Å². The van der Waals surface area contributed by atoms with Crippen molar-refractivity contribution in [3.8, 4) is 0 Å². The molecule has 1 aliphatic rings. The van der Waals surface area contributed by atoms with Crippen molar-refractivity contribution in [1.82, 2.24) is 4.90 Å². The molecule has 0 saturated heterocycles. The molecule has 3 heteroatoms. The highest BCUT2D eigenvalue weighted by Crippen LogP contribution is 2.29. The maximum absolute atomic E-state index is 12.2. The number of carbonyl (C=O) groups is 1. The van der Waals surface area contributed by atoms with Crippen molar-refractivity contribution in [3.63, 3.8) is 0 Å². The van der Waals surface area contributed by atoms with Gasteiger partial charge in [-0.2, -0.15) is 0 Å². The first-order chi connectivity index (χ1) is 7.98. The maximum Gasteiger partial charge on any atom is 0.224 e. The summed E-state index contributed by atoms with van der Waals surface area (Å²) in [6.07, 6.45) is 8.36. The summed E-state index contributed by atoms with van der Waals surface area (Å²) in [5.74, 6) is 0.218. The molecule has 100 valence electrons. The van der Waals surface area contributed by atoms with Crippen LogP contribution in [-0.4, -0.2) is 29.4 Å². The monoisotopic (exact) mass is 240 g/mol. The first-order valence-corrected chi connectivity index (χ1v) is 7.03. The van der Waals surface area contributed by atoms with Crippen LogP contribution in [0.1, 0.15) is 65.2 Å². The van der Waals surface area contributed by atoms with E-state index in [1.54, 1.807) is 0 Å². The zero-order chi connectivity index (χ0) is 12.9. The molecule has 17 heavy (non-hydrogen) atoms. The lowest BCUT2D eigenvalue weighted by atomic mass is 9.80. The third-order valence-electron chi connectivity index (χ3n) is 4.11. The van der Waals surface area contributed by atoms with Crippen LogP contribution in [-0.2, 0) is 4.79 Å². The van der Waals surface area contributed by atoms with Crippen LogP contribution in [0.2, 0.25) is 0 Å². The van der Waals surface area contributed by atoms with Gasteiger partial charge in [0.2, 0.25) is 5.91 Å². The Kier molecular flexibility index (Phi) is 5.44. The van der Waals surface area contributed by atoms with E-state index in [0.717, 1.165) is 25.7 Å². The molecule has 1 amide bonds. The van der Waals surface area contributed by atoms with E-state index in [4.69, 9.17) is 5.73 Å². The first-order valence-electron chi connectivity index (χ1n) is 7.03. The summed E-state index contributed by atoms with van der Waals surface area (Å²) < 4.78 is 0. The number of carbonyl (C=O) groups excluding carboxylic acids is 1. The van der Waals surface area contributed by atoms with E-state index >= 15 is 0 Å². The van der Waals surface area contributed by atoms with Crippen molar-refractivity contribution in [3.05, 3.63) is 0 Å². The fraction of sp³-hybridized carbons (Fsp3) is 0.929. The molecule has 0 radical (unpaired) electrons. The van der Waals surface area contributed by atoms with Gasteiger partial charge in [0.1, 0.15) is 0 Å². The average Bonchev–Trinajstić information content (AvgIpc) is 2.28. The molecule has 0 bridgehead atoms. The Bertz CT molecular complexity index is 247. The molecule has 1 unspecified atom stereocenters. The molecule has 0 aromatic rings. The molecule has 0 aliphatic heterocycles. The number of nitrogens with two attached hydrogens (primary N) is 1. The summed E-state index contributed by atoms with van der Waals surface area (Å²) in [6.45, 7) is 4.27. The van der Waals surface area contributed by atoms with Gasteiger partial charge in [-0.15, -0.1) is 0 Å².